The van der Waals surface area contributed by atoms with Crippen LogP contribution in [0.3, 0.4) is 0 Å². The molecule has 152 valence electrons. The van der Waals surface area contributed by atoms with Gasteiger partial charge in [-0.3, -0.25) is 14.8 Å². The minimum absolute atomic E-state index is 0.00470. The van der Waals surface area contributed by atoms with Crippen LogP contribution in [0.25, 0.3) is 0 Å². The van der Waals surface area contributed by atoms with Gasteiger partial charge in [-0.2, -0.15) is 0 Å². The number of carbonyl (C=O) groups excluding carboxylic acids is 1. The monoisotopic (exact) mass is 451 g/mol. The Morgan fingerprint density at radius 3 is 2.55 bits per heavy atom. The number of rotatable bonds is 7. The van der Waals surface area contributed by atoms with Crippen molar-refractivity contribution in [2.45, 2.75) is 18.7 Å². The Labute approximate surface area is 177 Å². The lowest BCUT2D eigenvalue weighted by atomic mass is 10.2. The number of ether oxygens (including phenoxy) is 1. The number of hydrogen-bond donors (Lipinski definition) is 2. The van der Waals surface area contributed by atoms with E-state index >= 15 is 0 Å². The molecule has 0 aliphatic heterocycles. The first kappa shape index (κ1) is 21.1. The van der Waals surface area contributed by atoms with Crippen molar-refractivity contribution in [2.24, 2.45) is 0 Å². The van der Waals surface area contributed by atoms with Crippen molar-refractivity contribution in [1.82, 2.24) is 4.98 Å². The number of thiazole rings is 1. The number of nitrogens with one attached hydrogen (secondary N) is 2. The van der Waals surface area contributed by atoms with Crippen LogP contribution in [-0.4, -0.2) is 25.9 Å². The van der Waals surface area contributed by atoms with Gasteiger partial charge in [0.25, 0.3) is 15.9 Å². The highest BCUT2D eigenvalue weighted by molar-refractivity contribution is 7.92. The van der Waals surface area contributed by atoms with E-state index in [1.165, 1.54) is 29.5 Å². The molecule has 0 aliphatic rings. The third-order valence-electron chi connectivity index (χ3n) is 3.74. The van der Waals surface area contributed by atoms with Crippen LogP contribution in [0.5, 0.6) is 5.75 Å². The van der Waals surface area contributed by atoms with Crippen LogP contribution in [-0.2, 0) is 10.0 Å². The number of benzene rings is 2. The molecule has 0 aliphatic carbocycles. The first-order valence-electron chi connectivity index (χ1n) is 8.57. The Bertz CT molecular complexity index is 1130. The number of sulfonamides is 1. The summed E-state index contributed by atoms with van der Waals surface area (Å²) in [5.41, 5.74) is 1.27. The minimum atomic E-state index is -4.01. The van der Waals surface area contributed by atoms with Crippen molar-refractivity contribution in [1.29, 1.82) is 0 Å². The molecule has 3 rings (SSSR count). The molecule has 0 saturated carbocycles. The van der Waals surface area contributed by atoms with E-state index in [4.69, 9.17) is 16.3 Å². The third-order valence-corrected chi connectivity index (χ3v) is 6.48. The van der Waals surface area contributed by atoms with Gasteiger partial charge < -0.3 is 4.74 Å². The zero-order valence-corrected chi connectivity index (χ0v) is 18.0. The molecule has 2 aromatic carbocycles. The number of hydrogen-bond acceptors (Lipinski definition) is 6. The highest BCUT2D eigenvalue weighted by Gasteiger charge is 2.21. The molecule has 29 heavy (non-hydrogen) atoms. The minimum Gasteiger partial charge on any atom is -0.494 e. The Balaban J connectivity index is 1.82. The van der Waals surface area contributed by atoms with Crippen LogP contribution >= 0.6 is 22.9 Å². The number of carbonyl (C=O) groups is 1. The number of anilines is 2. The number of aryl methyl sites for hydroxylation is 1. The molecule has 10 heteroatoms. The van der Waals surface area contributed by atoms with Crippen molar-refractivity contribution < 1.29 is 17.9 Å². The number of nitrogens with zero attached hydrogens (tertiary/aromatic N) is 1. The van der Waals surface area contributed by atoms with Gasteiger partial charge in [0.05, 0.1) is 17.3 Å². The molecule has 2 N–H and O–H groups in total. The highest BCUT2D eigenvalue weighted by Crippen LogP contribution is 2.26. The molecule has 3 aromatic rings. The van der Waals surface area contributed by atoms with Gasteiger partial charge in [-0.1, -0.05) is 11.6 Å². The second kappa shape index (κ2) is 8.81. The summed E-state index contributed by atoms with van der Waals surface area (Å²) in [6, 6.07) is 10.5. The molecule has 0 radical (unpaired) electrons. The van der Waals surface area contributed by atoms with E-state index in [-0.39, 0.29) is 15.5 Å². The van der Waals surface area contributed by atoms with Gasteiger partial charge in [0.2, 0.25) is 0 Å². The molecular formula is C19H18ClN3O4S2. The second-order valence-corrected chi connectivity index (χ2v) is 8.87. The number of aromatic nitrogens is 1. The van der Waals surface area contributed by atoms with Crippen LogP contribution in [0.15, 0.2) is 52.7 Å². The summed E-state index contributed by atoms with van der Waals surface area (Å²) < 4.78 is 33.4. The van der Waals surface area contributed by atoms with E-state index in [1.807, 2.05) is 13.8 Å². The molecular weight excluding hydrogens is 434 g/mol. The number of halogens is 1. The van der Waals surface area contributed by atoms with Crippen molar-refractivity contribution in [3.8, 4) is 5.75 Å². The lowest BCUT2D eigenvalue weighted by Crippen LogP contribution is -2.16. The standard InChI is InChI=1S/C19H18ClN3O4S2/c1-3-27-15-7-5-14(6-8-15)23-29(25,26)17-10-13(4-9-16(17)20)18(24)22-19-21-12(2)11-28-19/h4-11,23H,3H2,1-2H3,(H,21,22,24). The SMILES string of the molecule is CCOc1ccc(NS(=O)(=O)c2cc(C(=O)Nc3nc(C)cs3)ccc2Cl)cc1. The highest BCUT2D eigenvalue weighted by atomic mass is 35.5. The molecule has 0 saturated heterocycles. The van der Waals surface area contributed by atoms with Gasteiger partial charge >= 0.3 is 0 Å². The maximum atomic E-state index is 12.8. The van der Waals surface area contributed by atoms with Gasteiger partial charge in [-0.15, -0.1) is 11.3 Å². The summed E-state index contributed by atoms with van der Waals surface area (Å²) in [5.74, 6) is 0.151. The predicted molar refractivity (Wildman–Crippen MR) is 115 cm³/mol. The lowest BCUT2D eigenvalue weighted by Gasteiger charge is -2.11. The largest absolute Gasteiger partial charge is 0.494 e. The van der Waals surface area contributed by atoms with Crippen LogP contribution < -0.4 is 14.8 Å². The third kappa shape index (κ3) is 5.26. The molecule has 0 bridgehead atoms. The quantitative estimate of drug-likeness (QED) is 0.549. The molecule has 7 nitrogen and oxygen atoms in total. The van der Waals surface area contributed by atoms with Crippen molar-refractivity contribution in [3.05, 3.63) is 64.1 Å². The summed E-state index contributed by atoms with van der Waals surface area (Å²) in [5, 5.41) is 4.88. The first-order chi connectivity index (χ1) is 13.8. The van der Waals surface area contributed by atoms with Gasteiger partial charge in [0.15, 0.2) is 5.13 Å². The van der Waals surface area contributed by atoms with Gasteiger partial charge in [0.1, 0.15) is 10.6 Å². The second-order valence-electron chi connectivity index (χ2n) is 5.96. The maximum Gasteiger partial charge on any atom is 0.263 e. The molecule has 1 heterocycles. The topological polar surface area (TPSA) is 97.4 Å². The van der Waals surface area contributed by atoms with Crippen molar-refractivity contribution in [2.75, 3.05) is 16.6 Å². The Kier molecular flexibility index (Phi) is 6.41. The van der Waals surface area contributed by atoms with Gasteiger partial charge in [-0.25, -0.2) is 13.4 Å². The zero-order valence-electron chi connectivity index (χ0n) is 15.6. The summed E-state index contributed by atoms with van der Waals surface area (Å²) in [7, 11) is -4.01. The Morgan fingerprint density at radius 2 is 1.93 bits per heavy atom. The van der Waals surface area contributed by atoms with Crippen molar-refractivity contribution in [3.63, 3.8) is 0 Å². The summed E-state index contributed by atoms with van der Waals surface area (Å²) in [4.78, 5) is 16.4. The molecule has 0 fully saturated rings. The van der Waals surface area contributed by atoms with Gasteiger partial charge in [0, 0.05) is 16.6 Å². The molecule has 1 amide bonds. The summed E-state index contributed by atoms with van der Waals surface area (Å²) in [6.07, 6.45) is 0. The fourth-order valence-electron chi connectivity index (χ4n) is 2.43. The van der Waals surface area contributed by atoms with E-state index in [0.29, 0.717) is 23.2 Å². The Hall–Kier alpha value is -2.62. The molecule has 1 aromatic heterocycles. The van der Waals surface area contributed by atoms with Crippen LogP contribution in [0.4, 0.5) is 10.8 Å². The molecule has 0 spiro atoms. The first-order valence-corrected chi connectivity index (χ1v) is 11.3. The van der Waals surface area contributed by atoms with E-state index < -0.39 is 15.9 Å². The predicted octanol–water partition coefficient (Wildman–Crippen LogP) is 4.56. The van der Waals surface area contributed by atoms with E-state index in [0.717, 1.165) is 5.69 Å². The summed E-state index contributed by atoms with van der Waals surface area (Å²) >= 11 is 7.38. The average molecular weight is 452 g/mol. The van der Waals surface area contributed by atoms with Crippen LogP contribution in [0.2, 0.25) is 5.02 Å². The smallest absolute Gasteiger partial charge is 0.263 e. The van der Waals surface area contributed by atoms with Crippen LogP contribution in [0, 0.1) is 6.92 Å². The maximum absolute atomic E-state index is 12.8. The normalized spacial score (nSPS) is 11.1. The average Bonchev–Trinajstić information content (AvgIpc) is 3.08. The molecule has 0 atom stereocenters. The lowest BCUT2D eigenvalue weighted by molar-refractivity contribution is 0.102. The van der Waals surface area contributed by atoms with E-state index in [2.05, 4.69) is 15.0 Å². The fraction of sp³-hybridized carbons (Fsp3) is 0.158. The Morgan fingerprint density at radius 1 is 1.21 bits per heavy atom. The summed E-state index contributed by atoms with van der Waals surface area (Å²) in [6.45, 7) is 4.18. The van der Waals surface area contributed by atoms with Crippen LogP contribution in [0.1, 0.15) is 23.0 Å². The molecule has 0 unspecified atom stereocenters. The van der Waals surface area contributed by atoms with E-state index in [1.54, 1.807) is 29.6 Å². The zero-order chi connectivity index (χ0) is 21.0. The van der Waals surface area contributed by atoms with E-state index in [9.17, 15) is 13.2 Å². The van der Waals surface area contributed by atoms with Crippen molar-refractivity contribution >= 4 is 49.7 Å². The fourth-order valence-corrected chi connectivity index (χ4v) is 4.70. The number of amides is 1. The van der Waals surface area contributed by atoms with Gasteiger partial charge in [-0.05, 0) is 56.3 Å².